The first-order chi connectivity index (χ1) is 11.6. The van der Waals surface area contributed by atoms with Crippen molar-refractivity contribution < 1.29 is 4.79 Å². The third-order valence-corrected chi connectivity index (χ3v) is 5.49. The lowest BCUT2D eigenvalue weighted by Crippen LogP contribution is -2.40. The SMILES string of the molecule is CC=CC(=O)N(c1ccc(-c2cc(Cl)cc(Cl)c2)s1)C1CCNC1. The molecule has 1 N–H and O–H groups in total. The summed E-state index contributed by atoms with van der Waals surface area (Å²) in [5, 5.41) is 5.48. The molecule has 1 aromatic heterocycles. The van der Waals surface area contributed by atoms with Crippen molar-refractivity contribution in [1.29, 1.82) is 0 Å². The van der Waals surface area contributed by atoms with E-state index in [2.05, 4.69) is 5.32 Å². The molecule has 1 saturated heterocycles. The van der Waals surface area contributed by atoms with Crippen LogP contribution in [0.2, 0.25) is 10.0 Å². The van der Waals surface area contributed by atoms with E-state index < -0.39 is 0 Å². The van der Waals surface area contributed by atoms with Crippen LogP contribution in [0.5, 0.6) is 0 Å². The molecule has 3 nitrogen and oxygen atoms in total. The number of carbonyl (C=O) groups is 1. The van der Waals surface area contributed by atoms with Crippen LogP contribution >= 0.6 is 34.5 Å². The second-order valence-electron chi connectivity index (χ2n) is 5.65. The van der Waals surface area contributed by atoms with Crippen molar-refractivity contribution in [3.63, 3.8) is 0 Å². The van der Waals surface area contributed by atoms with Gasteiger partial charge in [0.2, 0.25) is 0 Å². The van der Waals surface area contributed by atoms with Crippen molar-refractivity contribution in [2.45, 2.75) is 19.4 Å². The van der Waals surface area contributed by atoms with Gasteiger partial charge in [0.15, 0.2) is 0 Å². The number of anilines is 1. The van der Waals surface area contributed by atoms with E-state index in [9.17, 15) is 4.79 Å². The summed E-state index contributed by atoms with van der Waals surface area (Å²) in [5.74, 6) is 0.0173. The molecule has 3 rings (SSSR count). The highest BCUT2D eigenvalue weighted by atomic mass is 35.5. The molecule has 2 aromatic rings. The molecule has 1 aliphatic rings. The van der Waals surface area contributed by atoms with Gasteiger partial charge in [-0.05, 0) is 61.9 Å². The molecule has 2 heterocycles. The van der Waals surface area contributed by atoms with Crippen LogP contribution in [0.1, 0.15) is 13.3 Å². The normalized spacial score (nSPS) is 17.5. The summed E-state index contributed by atoms with van der Waals surface area (Å²) in [7, 11) is 0. The number of thiophene rings is 1. The van der Waals surface area contributed by atoms with Crippen LogP contribution in [-0.2, 0) is 4.79 Å². The van der Waals surface area contributed by atoms with E-state index in [0.717, 1.165) is 35.0 Å². The van der Waals surface area contributed by atoms with Crippen LogP contribution in [0.3, 0.4) is 0 Å². The Balaban J connectivity index is 1.94. The minimum Gasteiger partial charge on any atom is -0.315 e. The van der Waals surface area contributed by atoms with E-state index in [0.29, 0.717) is 10.0 Å². The maximum atomic E-state index is 12.6. The van der Waals surface area contributed by atoms with Gasteiger partial charge in [-0.1, -0.05) is 29.3 Å². The largest absolute Gasteiger partial charge is 0.315 e. The number of rotatable bonds is 4. The first-order valence-corrected chi connectivity index (χ1v) is 9.38. The smallest absolute Gasteiger partial charge is 0.251 e. The second kappa shape index (κ2) is 7.70. The Hall–Kier alpha value is -1.33. The number of halogens is 2. The molecule has 6 heteroatoms. The average molecular weight is 381 g/mol. The molecule has 0 saturated carbocycles. The Bertz CT molecular complexity index is 746. The van der Waals surface area contributed by atoms with E-state index >= 15 is 0 Å². The Morgan fingerprint density at radius 1 is 1.29 bits per heavy atom. The number of hydrogen-bond acceptors (Lipinski definition) is 3. The Morgan fingerprint density at radius 3 is 2.67 bits per heavy atom. The van der Waals surface area contributed by atoms with Gasteiger partial charge in [-0.2, -0.15) is 0 Å². The molecule has 1 aromatic carbocycles. The molecule has 1 atom stereocenters. The highest BCUT2D eigenvalue weighted by Gasteiger charge is 2.27. The molecule has 1 amide bonds. The molecule has 0 radical (unpaired) electrons. The average Bonchev–Trinajstić information content (AvgIpc) is 3.19. The lowest BCUT2D eigenvalue weighted by molar-refractivity contribution is -0.114. The summed E-state index contributed by atoms with van der Waals surface area (Å²) in [6.45, 7) is 3.61. The molecular formula is C18H18Cl2N2OS. The van der Waals surface area contributed by atoms with Crippen LogP contribution in [0.4, 0.5) is 5.00 Å². The molecule has 1 unspecified atom stereocenters. The van der Waals surface area contributed by atoms with Gasteiger partial charge in [0, 0.05) is 21.5 Å². The molecule has 0 bridgehead atoms. The third kappa shape index (κ3) is 3.83. The monoisotopic (exact) mass is 380 g/mol. The van der Waals surface area contributed by atoms with Crippen molar-refractivity contribution in [3.05, 3.63) is 52.5 Å². The van der Waals surface area contributed by atoms with Gasteiger partial charge in [0.05, 0.1) is 11.0 Å². The van der Waals surface area contributed by atoms with Crippen molar-refractivity contribution in [1.82, 2.24) is 5.32 Å². The quantitative estimate of drug-likeness (QED) is 0.757. The summed E-state index contributed by atoms with van der Waals surface area (Å²) in [5.41, 5.74) is 0.965. The number of hydrogen-bond donors (Lipinski definition) is 1. The summed E-state index contributed by atoms with van der Waals surface area (Å²) in [6.07, 6.45) is 4.36. The second-order valence-corrected chi connectivity index (χ2v) is 7.59. The van der Waals surface area contributed by atoms with Crippen LogP contribution in [0.25, 0.3) is 10.4 Å². The van der Waals surface area contributed by atoms with E-state index in [1.165, 1.54) is 0 Å². The molecule has 1 fully saturated rings. The summed E-state index contributed by atoms with van der Waals surface area (Å²) < 4.78 is 0. The molecule has 24 heavy (non-hydrogen) atoms. The Labute approximate surface area is 155 Å². The van der Waals surface area contributed by atoms with Crippen LogP contribution < -0.4 is 10.2 Å². The number of nitrogens with zero attached hydrogens (tertiary/aromatic N) is 1. The van der Waals surface area contributed by atoms with Crippen LogP contribution in [-0.4, -0.2) is 25.0 Å². The minimum absolute atomic E-state index is 0.0173. The summed E-state index contributed by atoms with van der Waals surface area (Å²) in [4.78, 5) is 15.5. The van der Waals surface area contributed by atoms with E-state index in [-0.39, 0.29) is 11.9 Å². The third-order valence-electron chi connectivity index (χ3n) is 3.92. The van der Waals surface area contributed by atoms with Gasteiger partial charge in [0.1, 0.15) is 0 Å². The Morgan fingerprint density at radius 2 is 2.04 bits per heavy atom. The molecular weight excluding hydrogens is 363 g/mol. The predicted octanol–water partition coefficient (Wildman–Crippen LogP) is 4.99. The number of allylic oxidation sites excluding steroid dienone is 1. The first kappa shape index (κ1) is 17.5. The van der Waals surface area contributed by atoms with Gasteiger partial charge >= 0.3 is 0 Å². The molecule has 0 aliphatic carbocycles. The van der Waals surface area contributed by atoms with E-state index in [4.69, 9.17) is 23.2 Å². The fourth-order valence-electron chi connectivity index (χ4n) is 2.86. The topological polar surface area (TPSA) is 32.3 Å². The maximum absolute atomic E-state index is 12.6. The fraction of sp³-hybridized carbons (Fsp3) is 0.278. The van der Waals surface area contributed by atoms with Gasteiger partial charge in [-0.3, -0.25) is 9.69 Å². The zero-order chi connectivity index (χ0) is 17.1. The highest BCUT2D eigenvalue weighted by molar-refractivity contribution is 7.19. The number of benzene rings is 1. The van der Waals surface area contributed by atoms with Crippen LogP contribution in [0.15, 0.2) is 42.5 Å². The number of carbonyl (C=O) groups excluding carboxylic acids is 1. The van der Waals surface area contributed by atoms with E-state index in [1.54, 1.807) is 29.6 Å². The van der Waals surface area contributed by atoms with Gasteiger partial charge < -0.3 is 5.32 Å². The number of amides is 1. The van der Waals surface area contributed by atoms with Crippen molar-refractivity contribution in [2.75, 3.05) is 18.0 Å². The molecule has 126 valence electrons. The molecule has 0 spiro atoms. The first-order valence-electron chi connectivity index (χ1n) is 7.81. The van der Waals surface area contributed by atoms with Gasteiger partial charge in [-0.15, -0.1) is 11.3 Å². The zero-order valence-electron chi connectivity index (χ0n) is 13.3. The van der Waals surface area contributed by atoms with Gasteiger partial charge in [-0.25, -0.2) is 0 Å². The van der Waals surface area contributed by atoms with Crippen molar-refractivity contribution in [3.8, 4) is 10.4 Å². The predicted molar refractivity (Wildman–Crippen MR) is 103 cm³/mol. The van der Waals surface area contributed by atoms with Crippen molar-refractivity contribution >= 4 is 45.4 Å². The summed E-state index contributed by atoms with van der Waals surface area (Å²) >= 11 is 13.8. The lowest BCUT2D eigenvalue weighted by atomic mass is 10.2. The standard InChI is InChI=1S/C18H18Cl2N2OS/c1-2-3-17(23)22(15-6-7-21-11-15)18-5-4-16(24-18)12-8-13(19)10-14(20)9-12/h2-5,8-10,15,21H,6-7,11H2,1H3. The fourth-order valence-corrected chi connectivity index (χ4v) is 4.46. The van der Waals surface area contributed by atoms with Crippen LogP contribution in [0, 0.1) is 0 Å². The maximum Gasteiger partial charge on any atom is 0.251 e. The van der Waals surface area contributed by atoms with Gasteiger partial charge in [0.25, 0.3) is 5.91 Å². The van der Waals surface area contributed by atoms with Crippen molar-refractivity contribution in [2.24, 2.45) is 0 Å². The number of nitrogens with one attached hydrogen (secondary N) is 1. The van der Waals surface area contributed by atoms with E-state index in [1.807, 2.05) is 36.1 Å². The Kier molecular flexibility index (Phi) is 5.61. The highest BCUT2D eigenvalue weighted by Crippen LogP contribution is 2.37. The zero-order valence-corrected chi connectivity index (χ0v) is 15.6. The lowest BCUT2D eigenvalue weighted by Gasteiger charge is -2.26. The molecule has 1 aliphatic heterocycles. The summed E-state index contributed by atoms with van der Waals surface area (Å²) in [6, 6.07) is 9.68. The minimum atomic E-state index is 0.0173.